The van der Waals surface area contributed by atoms with Gasteiger partial charge in [-0.25, -0.2) is 9.37 Å². The first kappa shape index (κ1) is 20.1. The molecule has 9 nitrogen and oxygen atoms in total. The zero-order valence-electron chi connectivity index (χ0n) is 18.4. The monoisotopic (exact) mass is 467 g/mol. The molecular formula is C24H26FN5O4. The van der Waals surface area contributed by atoms with Crippen molar-refractivity contribution in [2.24, 2.45) is 0 Å². The van der Waals surface area contributed by atoms with Gasteiger partial charge in [0.2, 0.25) is 11.7 Å². The third-order valence-corrected chi connectivity index (χ3v) is 7.62. The van der Waals surface area contributed by atoms with Gasteiger partial charge in [-0.1, -0.05) is 0 Å². The van der Waals surface area contributed by atoms with Gasteiger partial charge in [-0.2, -0.15) is 4.98 Å². The van der Waals surface area contributed by atoms with Crippen molar-refractivity contribution in [2.45, 2.75) is 68.4 Å². The number of hydrogen-bond donors (Lipinski definition) is 1. The van der Waals surface area contributed by atoms with Crippen molar-refractivity contribution in [3.8, 4) is 5.88 Å². The summed E-state index contributed by atoms with van der Waals surface area (Å²) < 4.78 is 28.4. The lowest BCUT2D eigenvalue weighted by Gasteiger charge is -2.33. The van der Waals surface area contributed by atoms with Crippen LogP contribution in [-0.2, 0) is 10.2 Å². The predicted octanol–water partition coefficient (Wildman–Crippen LogP) is 3.03. The van der Waals surface area contributed by atoms with E-state index >= 15 is 0 Å². The Bertz CT molecular complexity index is 1370. The number of pyridine rings is 1. The molecule has 1 N–H and O–H groups in total. The third kappa shape index (κ3) is 3.08. The summed E-state index contributed by atoms with van der Waals surface area (Å²) in [5, 5.41) is 2.69. The first-order valence-corrected chi connectivity index (χ1v) is 11.8. The average molecular weight is 468 g/mol. The molecule has 2 saturated heterocycles. The first-order chi connectivity index (χ1) is 16.5. The van der Waals surface area contributed by atoms with E-state index < -0.39 is 23.7 Å². The molecule has 0 aromatic carbocycles. The summed E-state index contributed by atoms with van der Waals surface area (Å²) in [6.07, 6.45) is 9.52. The number of halogens is 1. The Morgan fingerprint density at radius 2 is 2.12 bits per heavy atom. The first-order valence-electron chi connectivity index (χ1n) is 11.8. The van der Waals surface area contributed by atoms with Gasteiger partial charge in [0.15, 0.2) is 0 Å². The highest BCUT2D eigenvalue weighted by atomic mass is 19.1. The average Bonchev–Trinajstić information content (AvgIpc) is 3.15. The Balaban J connectivity index is 0.00000229. The van der Waals surface area contributed by atoms with Gasteiger partial charge in [-0.05, 0) is 44.2 Å². The number of amides is 1. The molecular weight excluding hydrogens is 441 g/mol. The number of nitrogens with one attached hydrogen (secondary N) is 1. The van der Waals surface area contributed by atoms with Crippen molar-refractivity contribution >= 4 is 17.4 Å². The van der Waals surface area contributed by atoms with E-state index in [1.54, 1.807) is 22.9 Å². The highest BCUT2D eigenvalue weighted by Gasteiger charge is 2.54. The van der Waals surface area contributed by atoms with Crippen molar-refractivity contribution in [2.75, 3.05) is 11.9 Å². The van der Waals surface area contributed by atoms with Crippen LogP contribution in [0.2, 0.25) is 0 Å². The fraction of sp³-hybridized carbons (Fsp3) is 0.500. The Kier molecular flexibility index (Phi) is 4.21. The molecule has 3 aliphatic carbocycles. The van der Waals surface area contributed by atoms with Crippen molar-refractivity contribution in [1.82, 2.24) is 18.9 Å². The summed E-state index contributed by atoms with van der Waals surface area (Å²) in [7, 11) is 0. The fourth-order valence-corrected chi connectivity index (χ4v) is 5.16. The summed E-state index contributed by atoms with van der Waals surface area (Å²) in [6, 6.07) is 2.69. The molecule has 3 aromatic heterocycles. The number of nitrogens with zero attached hydrogens (tertiary/aromatic N) is 4. The van der Waals surface area contributed by atoms with Gasteiger partial charge in [0.05, 0.1) is 24.4 Å². The lowest BCUT2D eigenvalue weighted by atomic mass is 9.68. The van der Waals surface area contributed by atoms with Gasteiger partial charge in [0.25, 0.3) is 11.5 Å². The number of hydrogen-bond acceptors (Lipinski definition) is 6. The number of rotatable bonds is 6. The van der Waals surface area contributed by atoms with E-state index in [1.807, 2.05) is 6.20 Å². The van der Waals surface area contributed by atoms with E-state index in [-0.39, 0.29) is 30.1 Å². The highest BCUT2D eigenvalue weighted by Crippen LogP contribution is 2.51. The Morgan fingerprint density at radius 3 is 2.79 bits per heavy atom. The number of aromatic nitrogens is 4. The Labute approximate surface area is 195 Å². The summed E-state index contributed by atoms with van der Waals surface area (Å²) >= 11 is 0. The van der Waals surface area contributed by atoms with Crippen LogP contribution >= 0.6 is 0 Å². The number of imidazole rings is 1. The minimum atomic E-state index is -1.02. The van der Waals surface area contributed by atoms with Crippen LogP contribution in [0.1, 0.15) is 62.0 Å². The van der Waals surface area contributed by atoms with Crippen molar-refractivity contribution < 1.29 is 20.1 Å². The fourth-order valence-electron chi connectivity index (χ4n) is 5.16. The Hall–Kier alpha value is -3.27. The van der Waals surface area contributed by atoms with E-state index in [1.165, 1.54) is 10.6 Å². The second kappa shape index (κ2) is 7.11. The number of anilines is 1. The van der Waals surface area contributed by atoms with Crippen molar-refractivity contribution in [3.05, 3.63) is 52.3 Å². The Morgan fingerprint density at radius 1 is 1.29 bits per heavy atom. The van der Waals surface area contributed by atoms with Crippen LogP contribution in [0.3, 0.4) is 0 Å². The standard InChI is InChI=1S/C24H24FN5O4.H2/c25-16-7-18(16)30-6-2-5-17(22(30)32)26-20(31)15-10-29-11-19(24-8-14(9-24)33-12-24)27-23(29)28-21(15)34-13-3-1-4-13;/h2,5-6,10-11,13-14,16,18H,1,3-4,7-9,12H2,(H,26,31);1H/t14?,16-,18+,24?;/m0./s1. The number of ether oxygens (including phenoxy) is 2. The van der Waals surface area contributed by atoms with Gasteiger partial charge in [-0.3, -0.25) is 14.0 Å². The minimum absolute atomic E-state index is 0. The summed E-state index contributed by atoms with van der Waals surface area (Å²) in [4.78, 5) is 35.4. The molecule has 34 heavy (non-hydrogen) atoms. The smallest absolute Gasteiger partial charge is 0.274 e. The molecule has 0 unspecified atom stereocenters. The lowest BCUT2D eigenvalue weighted by molar-refractivity contribution is 0.0979. The maximum Gasteiger partial charge on any atom is 0.274 e. The molecule has 5 aliphatic rings. The van der Waals surface area contributed by atoms with Crippen LogP contribution in [0.4, 0.5) is 10.1 Å². The van der Waals surface area contributed by atoms with Crippen LogP contribution in [0.25, 0.3) is 5.78 Å². The number of alkyl halides is 1. The number of fused-ring (bicyclic) bond motifs is 2. The van der Waals surface area contributed by atoms with Crippen LogP contribution in [0, 0.1) is 0 Å². The van der Waals surface area contributed by atoms with E-state index in [4.69, 9.17) is 14.5 Å². The summed E-state index contributed by atoms with van der Waals surface area (Å²) in [6.45, 7) is 0.654. The van der Waals surface area contributed by atoms with Gasteiger partial charge < -0.3 is 19.4 Å². The van der Waals surface area contributed by atoms with E-state index in [9.17, 15) is 14.0 Å². The summed E-state index contributed by atoms with van der Waals surface area (Å²) in [5.74, 6) is 0.170. The molecule has 5 heterocycles. The quantitative estimate of drug-likeness (QED) is 0.598. The highest BCUT2D eigenvalue weighted by molar-refractivity contribution is 6.05. The van der Waals surface area contributed by atoms with E-state index in [2.05, 4.69) is 10.3 Å². The van der Waals surface area contributed by atoms with Crippen LogP contribution in [-0.4, -0.2) is 49.8 Å². The molecule has 3 saturated carbocycles. The molecule has 5 fully saturated rings. The van der Waals surface area contributed by atoms with Crippen molar-refractivity contribution in [1.29, 1.82) is 0 Å². The number of carbonyl (C=O) groups is 1. The molecule has 10 heteroatoms. The number of carbonyl (C=O) groups excluding carboxylic acids is 1. The molecule has 1 amide bonds. The third-order valence-electron chi connectivity index (χ3n) is 7.62. The minimum Gasteiger partial charge on any atom is -0.474 e. The van der Waals surface area contributed by atoms with Crippen LogP contribution < -0.4 is 15.6 Å². The SMILES string of the molecule is O=C(Nc1cccn([C@@H]2C[C@@H]2F)c1=O)c1cn2cc(C34COC(C3)C4)nc2nc1OC1CCC1.[HH]. The second-order valence-electron chi connectivity index (χ2n) is 9.99. The molecule has 0 spiro atoms. The summed E-state index contributed by atoms with van der Waals surface area (Å²) in [5.41, 5.74) is 0.732. The predicted molar refractivity (Wildman–Crippen MR) is 121 cm³/mol. The van der Waals surface area contributed by atoms with E-state index in [0.29, 0.717) is 24.9 Å². The molecule has 2 bridgehead atoms. The molecule has 2 aliphatic heterocycles. The topological polar surface area (TPSA) is 99.8 Å². The maximum absolute atomic E-state index is 13.5. The normalized spacial score (nSPS) is 29.5. The lowest BCUT2D eigenvalue weighted by Crippen LogP contribution is -2.37. The van der Waals surface area contributed by atoms with Crippen molar-refractivity contribution in [3.63, 3.8) is 0 Å². The maximum atomic E-state index is 13.5. The zero-order chi connectivity index (χ0) is 23.0. The van der Waals surface area contributed by atoms with Gasteiger partial charge in [-0.15, -0.1) is 0 Å². The largest absolute Gasteiger partial charge is 0.474 e. The van der Waals surface area contributed by atoms with Gasteiger partial charge in [0, 0.05) is 31.9 Å². The van der Waals surface area contributed by atoms with Crippen LogP contribution in [0.15, 0.2) is 35.5 Å². The van der Waals surface area contributed by atoms with Crippen LogP contribution in [0.5, 0.6) is 5.88 Å². The molecule has 8 rings (SSSR count). The molecule has 0 radical (unpaired) electrons. The zero-order valence-corrected chi connectivity index (χ0v) is 18.4. The van der Waals surface area contributed by atoms with Gasteiger partial charge >= 0.3 is 0 Å². The van der Waals surface area contributed by atoms with Gasteiger partial charge in [0.1, 0.15) is 23.5 Å². The van der Waals surface area contributed by atoms with E-state index in [0.717, 1.165) is 37.8 Å². The molecule has 2 atom stereocenters. The second-order valence-corrected chi connectivity index (χ2v) is 9.99. The molecule has 178 valence electrons. The molecule has 3 aromatic rings.